The van der Waals surface area contributed by atoms with E-state index in [-0.39, 0.29) is 5.92 Å². The molecule has 1 aliphatic rings. The van der Waals surface area contributed by atoms with Gasteiger partial charge in [0.15, 0.2) is 0 Å². The van der Waals surface area contributed by atoms with Crippen molar-refractivity contribution in [1.82, 2.24) is 9.88 Å². The number of thiazole rings is 1. The Bertz CT molecular complexity index is 336. The van der Waals surface area contributed by atoms with Crippen LogP contribution in [-0.4, -0.2) is 47.7 Å². The Morgan fingerprint density at radius 3 is 2.94 bits per heavy atom. The Morgan fingerprint density at radius 2 is 2.38 bits per heavy atom. The van der Waals surface area contributed by atoms with Crippen molar-refractivity contribution >= 4 is 28.5 Å². The van der Waals surface area contributed by atoms with E-state index in [4.69, 9.17) is 22.7 Å². The second kappa shape index (κ2) is 5.67. The van der Waals surface area contributed by atoms with E-state index in [1.54, 1.807) is 11.3 Å². The van der Waals surface area contributed by atoms with Gasteiger partial charge in [0.2, 0.25) is 0 Å². The summed E-state index contributed by atoms with van der Waals surface area (Å²) in [6, 6.07) is 0. The second-order valence-corrected chi connectivity index (χ2v) is 4.97. The third kappa shape index (κ3) is 2.98. The Kier molecular flexibility index (Phi) is 4.22. The summed E-state index contributed by atoms with van der Waals surface area (Å²) in [5.74, 6) is 0.0688. The molecule has 0 radical (unpaired) electrons. The van der Waals surface area contributed by atoms with Gasteiger partial charge < -0.3 is 10.5 Å². The maximum absolute atomic E-state index is 5.78. The molecule has 88 valence electrons. The van der Waals surface area contributed by atoms with E-state index in [9.17, 15) is 0 Å². The zero-order chi connectivity index (χ0) is 11.4. The molecule has 16 heavy (non-hydrogen) atoms. The number of morpholine rings is 1. The fraction of sp³-hybridized carbons (Fsp3) is 0.600. The first-order chi connectivity index (χ1) is 7.77. The van der Waals surface area contributed by atoms with Gasteiger partial charge in [0.25, 0.3) is 0 Å². The van der Waals surface area contributed by atoms with E-state index in [1.807, 2.05) is 10.9 Å². The van der Waals surface area contributed by atoms with Crippen LogP contribution in [0.4, 0.5) is 0 Å². The van der Waals surface area contributed by atoms with Crippen molar-refractivity contribution in [2.45, 2.75) is 5.92 Å². The molecule has 0 spiro atoms. The van der Waals surface area contributed by atoms with Gasteiger partial charge in [-0.3, -0.25) is 4.90 Å². The van der Waals surface area contributed by atoms with Crippen LogP contribution in [0.25, 0.3) is 0 Å². The monoisotopic (exact) mass is 257 g/mol. The van der Waals surface area contributed by atoms with Crippen LogP contribution in [0.1, 0.15) is 11.6 Å². The lowest BCUT2D eigenvalue weighted by Crippen LogP contribution is -2.41. The van der Waals surface area contributed by atoms with E-state index in [2.05, 4.69) is 9.88 Å². The fourth-order valence-electron chi connectivity index (χ4n) is 1.77. The van der Waals surface area contributed by atoms with Gasteiger partial charge >= 0.3 is 0 Å². The SMILES string of the molecule is NC(=S)C(CN1CCOCC1)c1cscn1. The number of aromatic nitrogens is 1. The van der Waals surface area contributed by atoms with Crippen LogP contribution >= 0.6 is 23.6 Å². The van der Waals surface area contributed by atoms with Gasteiger partial charge in [-0.05, 0) is 0 Å². The Balaban J connectivity index is 2.00. The van der Waals surface area contributed by atoms with Crippen LogP contribution in [0.15, 0.2) is 10.9 Å². The number of thiocarbonyl (C=S) groups is 1. The van der Waals surface area contributed by atoms with Gasteiger partial charge in [0, 0.05) is 25.0 Å². The lowest BCUT2D eigenvalue weighted by Gasteiger charge is -2.29. The van der Waals surface area contributed by atoms with Gasteiger partial charge in [0.05, 0.1) is 35.3 Å². The molecule has 1 fully saturated rings. The van der Waals surface area contributed by atoms with Crippen LogP contribution in [0.2, 0.25) is 0 Å². The molecule has 1 aromatic rings. The molecule has 1 aromatic heterocycles. The fourth-order valence-corrected chi connectivity index (χ4v) is 2.57. The number of ether oxygens (including phenoxy) is 1. The molecule has 6 heteroatoms. The molecule has 4 nitrogen and oxygen atoms in total. The molecule has 2 rings (SSSR count). The summed E-state index contributed by atoms with van der Waals surface area (Å²) in [6.07, 6.45) is 0. The van der Waals surface area contributed by atoms with Crippen molar-refractivity contribution in [2.75, 3.05) is 32.8 Å². The molecule has 1 saturated heterocycles. The van der Waals surface area contributed by atoms with Crippen molar-refractivity contribution in [3.8, 4) is 0 Å². The molecular formula is C10H15N3OS2. The predicted molar refractivity (Wildman–Crippen MR) is 68.9 cm³/mol. The van der Waals surface area contributed by atoms with Gasteiger partial charge in [-0.25, -0.2) is 4.98 Å². The lowest BCUT2D eigenvalue weighted by atomic mass is 10.1. The standard InChI is InChI=1S/C10H15N3OS2/c11-10(15)8(9-6-16-7-12-9)5-13-1-3-14-4-2-13/h6-8H,1-5H2,(H2,11,15). The van der Waals surface area contributed by atoms with Crippen LogP contribution in [0.5, 0.6) is 0 Å². The molecule has 1 unspecified atom stereocenters. The minimum Gasteiger partial charge on any atom is -0.393 e. The summed E-state index contributed by atoms with van der Waals surface area (Å²) in [5, 5.41) is 2.02. The largest absolute Gasteiger partial charge is 0.393 e. The number of rotatable bonds is 4. The first kappa shape index (κ1) is 11.9. The molecule has 0 aromatic carbocycles. The summed E-state index contributed by atoms with van der Waals surface area (Å²) >= 11 is 6.70. The van der Waals surface area contributed by atoms with Crippen molar-refractivity contribution in [3.63, 3.8) is 0 Å². The minimum absolute atomic E-state index is 0.0688. The first-order valence-corrected chi connectivity index (χ1v) is 6.60. The Hall–Kier alpha value is -0.560. The van der Waals surface area contributed by atoms with E-state index in [0.717, 1.165) is 38.5 Å². The lowest BCUT2D eigenvalue weighted by molar-refractivity contribution is 0.0373. The molecule has 0 saturated carbocycles. The molecule has 1 atom stereocenters. The zero-order valence-electron chi connectivity index (χ0n) is 8.96. The minimum atomic E-state index is 0.0688. The van der Waals surface area contributed by atoms with Gasteiger partial charge in [-0.2, -0.15) is 0 Å². The van der Waals surface area contributed by atoms with E-state index in [1.165, 1.54) is 0 Å². The summed E-state index contributed by atoms with van der Waals surface area (Å²) in [5.41, 5.74) is 8.59. The smallest absolute Gasteiger partial charge is 0.0832 e. The van der Waals surface area contributed by atoms with Crippen LogP contribution in [0, 0.1) is 0 Å². The molecule has 2 N–H and O–H groups in total. The van der Waals surface area contributed by atoms with Crippen molar-refractivity contribution in [3.05, 3.63) is 16.6 Å². The quantitative estimate of drug-likeness (QED) is 0.810. The van der Waals surface area contributed by atoms with Crippen molar-refractivity contribution in [2.24, 2.45) is 5.73 Å². The molecule has 0 bridgehead atoms. The third-order valence-electron chi connectivity index (χ3n) is 2.70. The van der Waals surface area contributed by atoms with E-state index < -0.39 is 0 Å². The predicted octanol–water partition coefficient (Wildman–Crippen LogP) is 0.845. The van der Waals surface area contributed by atoms with Gasteiger partial charge in [-0.1, -0.05) is 12.2 Å². The average molecular weight is 257 g/mol. The maximum Gasteiger partial charge on any atom is 0.0832 e. The van der Waals surface area contributed by atoms with Gasteiger partial charge in [0.1, 0.15) is 0 Å². The number of nitrogens with zero attached hydrogens (tertiary/aromatic N) is 2. The average Bonchev–Trinajstić information content (AvgIpc) is 2.80. The highest BCUT2D eigenvalue weighted by Gasteiger charge is 2.21. The highest BCUT2D eigenvalue weighted by atomic mass is 32.1. The first-order valence-electron chi connectivity index (χ1n) is 5.25. The number of hydrogen-bond donors (Lipinski definition) is 1. The highest BCUT2D eigenvalue weighted by Crippen LogP contribution is 2.18. The summed E-state index contributed by atoms with van der Waals surface area (Å²) in [6.45, 7) is 4.33. The highest BCUT2D eigenvalue weighted by molar-refractivity contribution is 7.80. The van der Waals surface area contributed by atoms with Crippen molar-refractivity contribution in [1.29, 1.82) is 0 Å². The summed E-state index contributed by atoms with van der Waals surface area (Å²) in [4.78, 5) is 7.15. The molecular weight excluding hydrogens is 242 g/mol. The van der Waals surface area contributed by atoms with E-state index >= 15 is 0 Å². The summed E-state index contributed by atoms with van der Waals surface area (Å²) < 4.78 is 5.31. The summed E-state index contributed by atoms with van der Waals surface area (Å²) in [7, 11) is 0. The maximum atomic E-state index is 5.78. The van der Waals surface area contributed by atoms with Gasteiger partial charge in [-0.15, -0.1) is 11.3 Å². The molecule has 0 amide bonds. The topological polar surface area (TPSA) is 51.4 Å². The van der Waals surface area contributed by atoms with Crippen LogP contribution in [0.3, 0.4) is 0 Å². The number of nitrogens with two attached hydrogens (primary N) is 1. The third-order valence-corrected chi connectivity index (χ3v) is 3.59. The molecule has 0 aliphatic carbocycles. The van der Waals surface area contributed by atoms with E-state index in [0.29, 0.717) is 4.99 Å². The van der Waals surface area contributed by atoms with Crippen molar-refractivity contribution < 1.29 is 4.74 Å². The zero-order valence-corrected chi connectivity index (χ0v) is 10.6. The molecule has 2 heterocycles. The second-order valence-electron chi connectivity index (χ2n) is 3.78. The van der Waals surface area contributed by atoms with Crippen LogP contribution in [-0.2, 0) is 4.74 Å². The Labute approximate surface area is 104 Å². The Morgan fingerprint density at radius 1 is 1.62 bits per heavy atom. The molecule has 1 aliphatic heterocycles. The normalized spacial score (nSPS) is 19.5. The van der Waals surface area contributed by atoms with Crippen LogP contribution < -0.4 is 5.73 Å². The number of hydrogen-bond acceptors (Lipinski definition) is 5.